The zero-order valence-corrected chi connectivity index (χ0v) is 9.77. The number of hydrogen-bond donors (Lipinski definition) is 3. The molecular formula is C12H19N3O. The molecule has 0 fully saturated rings. The molecule has 4 N–H and O–H groups in total. The van der Waals surface area contributed by atoms with E-state index in [9.17, 15) is 0 Å². The van der Waals surface area contributed by atoms with Crippen LogP contribution in [0.1, 0.15) is 19.4 Å². The molecule has 0 aliphatic carbocycles. The monoisotopic (exact) mass is 221 g/mol. The van der Waals surface area contributed by atoms with Crippen molar-refractivity contribution < 1.29 is 5.11 Å². The van der Waals surface area contributed by atoms with Crippen LogP contribution in [0.15, 0.2) is 24.3 Å². The van der Waals surface area contributed by atoms with Crippen LogP contribution in [0.25, 0.3) is 0 Å². The Morgan fingerprint density at radius 2 is 1.94 bits per heavy atom. The van der Waals surface area contributed by atoms with E-state index in [-0.39, 0.29) is 12.4 Å². The van der Waals surface area contributed by atoms with Gasteiger partial charge in [0.1, 0.15) is 5.84 Å². The van der Waals surface area contributed by atoms with Crippen LogP contribution in [0.2, 0.25) is 0 Å². The van der Waals surface area contributed by atoms with E-state index in [4.69, 9.17) is 16.2 Å². The van der Waals surface area contributed by atoms with Crippen molar-refractivity contribution in [3.63, 3.8) is 0 Å². The fourth-order valence-corrected chi connectivity index (χ4v) is 1.63. The molecule has 0 saturated carbocycles. The Morgan fingerprint density at radius 3 is 2.31 bits per heavy atom. The fourth-order valence-electron chi connectivity index (χ4n) is 1.63. The Labute approximate surface area is 96.2 Å². The second-order valence-corrected chi connectivity index (χ2v) is 3.97. The lowest BCUT2D eigenvalue weighted by molar-refractivity contribution is 0.299. The molecule has 0 aliphatic rings. The highest BCUT2D eigenvalue weighted by Crippen LogP contribution is 2.17. The maximum Gasteiger partial charge on any atom is 0.122 e. The van der Waals surface area contributed by atoms with Gasteiger partial charge >= 0.3 is 0 Å². The van der Waals surface area contributed by atoms with Gasteiger partial charge in [-0.3, -0.25) is 5.41 Å². The Hall–Kier alpha value is -1.55. The summed E-state index contributed by atoms with van der Waals surface area (Å²) in [7, 11) is 0. The SMILES string of the molecule is CC(C)N(CCO)c1ccc(C(=N)N)cc1. The van der Waals surface area contributed by atoms with Crippen LogP contribution >= 0.6 is 0 Å². The standard InChI is InChI=1S/C12H19N3O/c1-9(2)15(7-8-16)11-5-3-10(4-6-11)12(13)14/h3-6,9,16H,7-8H2,1-2H3,(H3,13,14). The van der Waals surface area contributed by atoms with Crippen molar-refractivity contribution in [2.45, 2.75) is 19.9 Å². The molecule has 0 atom stereocenters. The minimum atomic E-state index is 0.0739. The van der Waals surface area contributed by atoms with Crippen LogP contribution in [0.3, 0.4) is 0 Å². The molecule has 0 bridgehead atoms. The van der Waals surface area contributed by atoms with Crippen molar-refractivity contribution in [1.82, 2.24) is 0 Å². The van der Waals surface area contributed by atoms with Crippen LogP contribution in [0.5, 0.6) is 0 Å². The van der Waals surface area contributed by atoms with Crippen molar-refractivity contribution in [3.8, 4) is 0 Å². The predicted octanol–water partition coefficient (Wildman–Crippen LogP) is 1.18. The van der Waals surface area contributed by atoms with E-state index in [2.05, 4.69) is 18.7 Å². The zero-order chi connectivity index (χ0) is 12.1. The maximum atomic E-state index is 8.99. The molecule has 1 aromatic carbocycles. The average Bonchev–Trinajstić information content (AvgIpc) is 2.25. The molecule has 4 nitrogen and oxygen atoms in total. The van der Waals surface area contributed by atoms with Crippen LogP contribution in [0, 0.1) is 5.41 Å². The number of anilines is 1. The number of nitrogen functional groups attached to an aromatic ring is 1. The highest BCUT2D eigenvalue weighted by molar-refractivity contribution is 5.95. The molecule has 0 aliphatic heterocycles. The van der Waals surface area contributed by atoms with Crippen LogP contribution in [-0.2, 0) is 0 Å². The Morgan fingerprint density at radius 1 is 1.38 bits per heavy atom. The van der Waals surface area contributed by atoms with E-state index in [0.717, 1.165) is 11.3 Å². The molecule has 4 heteroatoms. The molecule has 1 aromatic rings. The second-order valence-electron chi connectivity index (χ2n) is 3.97. The van der Waals surface area contributed by atoms with E-state index in [0.29, 0.717) is 12.6 Å². The number of benzene rings is 1. The zero-order valence-electron chi connectivity index (χ0n) is 9.77. The Kier molecular flexibility index (Phi) is 4.31. The van der Waals surface area contributed by atoms with Crippen LogP contribution in [0.4, 0.5) is 5.69 Å². The number of nitrogens with two attached hydrogens (primary N) is 1. The molecule has 0 saturated heterocycles. The first-order valence-corrected chi connectivity index (χ1v) is 5.38. The van der Waals surface area contributed by atoms with Crippen molar-refractivity contribution in [3.05, 3.63) is 29.8 Å². The summed E-state index contributed by atoms with van der Waals surface area (Å²) >= 11 is 0. The number of aliphatic hydroxyl groups excluding tert-OH is 1. The maximum absolute atomic E-state index is 8.99. The quantitative estimate of drug-likeness (QED) is 0.516. The van der Waals surface area contributed by atoms with Gasteiger partial charge in [-0.25, -0.2) is 0 Å². The van der Waals surface area contributed by atoms with E-state index in [1.165, 1.54) is 0 Å². The topological polar surface area (TPSA) is 73.3 Å². The highest BCUT2D eigenvalue weighted by Gasteiger charge is 2.09. The first-order chi connectivity index (χ1) is 7.56. The van der Waals surface area contributed by atoms with Gasteiger partial charge in [0.2, 0.25) is 0 Å². The molecular weight excluding hydrogens is 202 g/mol. The summed E-state index contributed by atoms with van der Waals surface area (Å²) in [6.45, 7) is 4.90. The van der Waals surface area contributed by atoms with Gasteiger partial charge in [0, 0.05) is 23.8 Å². The van der Waals surface area contributed by atoms with E-state index in [1.807, 2.05) is 24.3 Å². The minimum absolute atomic E-state index is 0.0739. The first kappa shape index (κ1) is 12.5. The van der Waals surface area contributed by atoms with Gasteiger partial charge in [-0.1, -0.05) is 0 Å². The summed E-state index contributed by atoms with van der Waals surface area (Å²) in [5, 5.41) is 16.3. The van der Waals surface area contributed by atoms with Crippen LogP contribution in [-0.4, -0.2) is 30.1 Å². The average molecular weight is 221 g/mol. The van der Waals surface area contributed by atoms with E-state index < -0.39 is 0 Å². The van der Waals surface area contributed by atoms with Gasteiger partial charge in [0.25, 0.3) is 0 Å². The van der Waals surface area contributed by atoms with Gasteiger partial charge in [-0.15, -0.1) is 0 Å². The molecule has 0 radical (unpaired) electrons. The summed E-state index contributed by atoms with van der Waals surface area (Å²) in [5.41, 5.74) is 7.14. The highest BCUT2D eigenvalue weighted by atomic mass is 16.3. The first-order valence-electron chi connectivity index (χ1n) is 5.38. The van der Waals surface area contributed by atoms with Crippen molar-refractivity contribution in [2.75, 3.05) is 18.1 Å². The van der Waals surface area contributed by atoms with Gasteiger partial charge in [-0.05, 0) is 38.1 Å². The molecule has 0 unspecified atom stereocenters. The van der Waals surface area contributed by atoms with E-state index >= 15 is 0 Å². The van der Waals surface area contributed by atoms with Gasteiger partial charge in [-0.2, -0.15) is 0 Å². The normalized spacial score (nSPS) is 10.5. The van der Waals surface area contributed by atoms with Crippen molar-refractivity contribution in [2.24, 2.45) is 5.73 Å². The molecule has 0 spiro atoms. The third-order valence-electron chi connectivity index (χ3n) is 2.47. The lowest BCUT2D eigenvalue weighted by atomic mass is 10.1. The summed E-state index contributed by atoms with van der Waals surface area (Å²) < 4.78 is 0. The molecule has 0 heterocycles. The second kappa shape index (κ2) is 5.51. The predicted molar refractivity (Wildman–Crippen MR) is 67.0 cm³/mol. The third-order valence-corrected chi connectivity index (χ3v) is 2.47. The largest absolute Gasteiger partial charge is 0.395 e. The molecule has 88 valence electrons. The van der Waals surface area contributed by atoms with Gasteiger partial charge < -0.3 is 15.7 Å². The smallest absolute Gasteiger partial charge is 0.122 e. The number of aliphatic hydroxyl groups is 1. The van der Waals surface area contributed by atoms with E-state index in [1.54, 1.807) is 0 Å². The van der Waals surface area contributed by atoms with Gasteiger partial charge in [0.15, 0.2) is 0 Å². The summed E-state index contributed by atoms with van der Waals surface area (Å²) in [6, 6.07) is 7.82. The number of amidine groups is 1. The number of nitrogens with one attached hydrogen (secondary N) is 1. The summed E-state index contributed by atoms with van der Waals surface area (Å²) in [6.07, 6.45) is 0. The molecule has 0 amide bonds. The summed E-state index contributed by atoms with van der Waals surface area (Å²) in [5.74, 6) is 0.0739. The Bertz CT molecular complexity index is 346. The number of nitrogens with zero attached hydrogens (tertiary/aromatic N) is 1. The molecule has 16 heavy (non-hydrogen) atoms. The lowest BCUT2D eigenvalue weighted by Gasteiger charge is -2.28. The molecule has 1 rings (SSSR count). The number of hydrogen-bond acceptors (Lipinski definition) is 3. The lowest BCUT2D eigenvalue weighted by Crippen LogP contribution is -2.33. The molecule has 0 aromatic heterocycles. The number of rotatable bonds is 5. The van der Waals surface area contributed by atoms with Crippen LogP contribution < -0.4 is 10.6 Å². The Balaban J connectivity index is 2.89. The van der Waals surface area contributed by atoms with Crippen molar-refractivity contribution in [1.29, 1.82) is 5.41 Å². The van der Waals surface area contributed by atoms with Crippen molar-refractivity contribution >= 4 is 11.5 Å². The summed E-state index contributed by atoms with van der Waals surface area (Å²) in [4.78, 5) is 2.10. The fraction of sp³-hybridized carbons (Fsp3) is 0.417. The third kappa shape index (κ3) is 2.97. The minimum Gasteiger partial charge on any atom is -0.395 e. The van der Waals surface area contributed by atoms with Gasteiger partial charge in [0.05, 0.1) is 6.61 Å².